The minimum absolute atomic E-state index is 0.00418. The summed E-state index contributed by atoms with van der Waals surface area (Å²) in [5.74, 6) is -0.872. The molecular formula is C22H23NO4. The van der Waals surface area contributed by atoms with Crippen LogP contribution in [0.2, 0.25) is 0 Å². The summed E-state index contributed by atoms with van der Waals surface area (Å²) in [5, 5.41) is 0.886. The van der Waals surface area contributed by atoms with Gasteiger partial charge in [-0.2, -0.15) is 0 Å². The summed E-state index contributed by atoms with van der Waals surface area (Å²) in [7, 11) is 0. The average Bonchev–Trinajstić information content (AvgIpc) is 3.00. The molecule has 0 aliphatic rings. The molecule has 3 aromatic rings. The fraction of sp³-hybridized carbons (Fsp3) is 0.273. The van der Waals surface area contributed by atoms with E-state index in [1.54, 1.807) is 30.5 Å². The lowest BCUT2D eigenvalue weighted by Gasteiger charge is -2.15. The van der Waals surface area contributed by atoms with Gasteiger partial charge in [0.05, 0.1) is 12.7 Å². The highest BCUT2D eigenvalue weighted by atomic mass is 16.5. The number of furan rings is 1. The third-order valence-electron chi connectivity index (χ3n) is 4.61. The van der Waals surface area contributed by atoms with Crippen LogP contribution in [0.4, 0.5) is 0 Å². The number of amides is 1. The van der Waals surface area contributed by atoms with Gasteiger partial charge in [-0.15, -0.1) is 0 Å². The summed E-state index contributed by atoms with van der Waals surface area (Å²) < 4.78 is 11.0. The van der Waals surface area contributed by atoms with E-state index in [0.717, 1.165) is 22.1 Å². The smallest absolute Gasteiger partial charge is 0.311 e. The number of esters is 1. The number of aryl methyl sites for hydroxylation is 1. The largest absolute Gasteiger partial charge is 0.464 e. The summed E-state index contributed by atoms with van der Waals surface area (Å²) in [6.07, 6.45) is 0.465. The van der Waals surface area contributed by atoms with Crippen molar-refractivity contribution in [1.82, 2.24) is 0 Å². The highest BCUT2D eigenvalue weighted by Crippen LogP contribution is 2.29. The van der Waals surface area contributed by atoms with Crippen LogP contribution in [0.3, 0.4) is 0 Å². The van der Waals surface area contributed by atoms with Crippen LogP contribution >= 0.6 is 0 Å². The first-order valence-corrected chi connectivity index (χ1v) is 8.91. The molecule has 0 aliphatic heterocycles. The quantitative estimate of drug-likeness (QED) is 0.664. The summed E-state index contributed by atoms with van der Waals surface area (Å²) in [5.41, 5.74) is 9.78. The fourth-order valence-electron chi connectivity index (χ4n) is 3.25. The number of hydrogen-bond donors (Lipinski definition) is 1. The number of nitrogens with two attached hydrogens (primary N) is 1. The lowest BCUT2D eigenvalue weighted by molar-refractivity contribution is -0.154. The number of primary amides is 1. The minimum Gasteiger partial charge on any atom is -0.464 e. The van der Waals surface area contributed by atoms with Gasteiger partial charge in [-0.3, -0.25) is 9.59 Å². The molecule has 0 saturated heterocycles. The first-order chi connectivity index (χ1) is 12.9. The monoisotopic (exact) mass is 365 g/mol. The lowest BCUT2D eigenvalue weighted by atomic mass is 9.95. The molecule has 1 atom stereocenters. The van der Waals surface area contributed by atoms with E-state index in [9.17, 15) is 9.59 Å². The van der Waals surface area contributed by atoms with E-state index in [4.69, 9.17) is 14.9 Å². The normalized spacial score (nSPS) is 12.3. The molecule has 0 fully saturated rings. The third-order valence-corrected chi connectivity index (χ3v) is 4.61. The second kappa shape index (κ2) is 7.66. The molecule has 5 heteroatoms. The molecule has 0 bridgehead atoms. The van der Waals surface area contributed by atoms with Crippen molar-refractivity contribution in [3.05, 3.63) is 71.0 Å². The predicted octanol–water partition coefficient (Wildman–Crippen LogP) is 4.18. The van der Waals surface area contributed by atoms with Gasteiger partial charge in [-0.1, -0.05) is 44.2 Å². The van der Waals surface area contributed by atoms with Gasteiger partial charge in [0.25, 0.3) is 5.91 Å². The van der Waals surface area contributed by atoms with Gasteiger partial charge in [0.15, 0.2) is 0 Å². The fourth-order valence-corrected chi connectivity index (χ4v) is 3.25. The number of fused-ring (bicyclic) bond motifs is 1. The van der Waals surface area contributed by atoms with E-state index in [1.807, 2.05) is 19.1 Å². The van der Waals surface area contributed by atoms with Crippen molar-refractivity contribution >= 4 is 22.8 Å². The number of carbonyl (C=O) groups excluding carboxylic acids is 2. The number of carbonyl (C=O) groups is 2. The molecule has 1 amide bonds. The Hall–Kier alpha value is -3.08. The Balaban J connectivity index is 1.83. The Morgan fingerprint density at radius 2 is 1.85 bits per heavy atom. The summed E-state index contributed by atoms with van der Waals surface area (Å²) >= 11 is 0. The van der Waals surface area contributed by atoms with Crippen molar-refractivity contribution in [2.24, 2.45) is 5.73 Å². The van der Waals surface area contributed by atoms with Crippen molar-refractivity contribution < 1.29 is 18.7 Å². The maximum Gasteiger partial charge on any atom is 0.311 e. The molecule has 0 aliphatic carbocycles. The number of rotatable bonds is 6. The Kier molecular flexibility index (Phi) is 5.31. The van der Waals surface area contributed by atoms with E-state index in [2.05, 4.69) is 19.9 Å². The zero-order valence-electron chi connectivity index (χ0n) is 15.7. The van der Waals surface area contributed by atoms with Crippen LogP contribution in [0, 0.1) is 6.92 Å². The summed E-state index contributed by atoms with van der Waals surface area (Å²) in [6, 6.07) is 12.8. The molecule has 140 valence electrons. The van der Waals surface area contributed by atoms with E-state index >= 15 is 0 Å². The molecule has 3 rings (SSSR count). The first-order valence-electron chi connectivity index (χ1n) is 8.91. The van der Waals surface area contributed by atoms with Crippen LogP contribution in [0.15, 0.2) is 53.1 Å². The predicted molar refractivity (Wildman–Crippen MR) is 103 cm³/mol. The first kappa shape index (κ1) is 18.7. The molecular weight excluding hydrogens is 342 g/mol. The molecule has 5 nitrogen and oxygen atoms in total. The summed E-state index contributed by atoms with van der Waals surface area (Å²) in [6.45, 7) is 6.29. The van der Waals surface area contributed by atoms with Gasteiger partial charge in [-0.25, -0.2) is 0 Å². The van der Waals surface area contributed by atoms with E-state index in [0.29, 0.717) is 11.5 Å². The maximum absolute atomic E-state index is 12.5. The minimum atomic E-state index is -1.11. The molecule has 0 radical (unpaired) electrons. The zero-order valence-corrected chi connectivity index (χ0v) is 15.7. The van der Waals surface area contributed by atoms with Crippen molar-refractivity contribution in [2.75, 3.05) is 0 Å². The molecule has 1 unspecified atom stereocenters. The maximum atomic E-state index is 12.5. The molecule has 27 heavy (non-hydrogen) atoms. The van der Waals surface area contributed by atoms with E-state index in [-0.39, 0.29) is 6.42 Å². The van der Waals surface area contributed by atoms with E-state index < -0.39 is 18.0 Å². The SMILES string of the molecule is Cc1cc2occ(CC(=O)OC(C(N)=O)c3ccccc3)c2cc1C(C)C. The highest BCUT2D eigenvalue weighted by molar-refractivity contribution is 5.88. The van der Waals surface area contributed by atoms with Crippen LogP contribution in [-0.2, 0) is 20.7 Å². The van der Waals surface area contributed by atoms with Gasteiger partial charge >= 0.3 is 5.97 Å². The van der Waals surface area contributed by atoms with Crippen molar-refractivity contribution in [2.45, 2.75) is 39.2 Å². The molecule has 2 N–H and O–H groups in total. The van der Waals surface area contributed by atoms with Crippen molar-refractivity contribution in [3.63, 3.8) is 0 Å². The van der Waals surface area contributed by atoms with Crippen molar-refractivity contribution in [1.29, 1.82) is 0 Å². The standard InChI is InChI=1S/C22H23NO4/c1-13(2)17-11-18-16(12-26-19(18)9-14(17)3)10-20(24)27-21(22(23)25)15-7-5-4-6-8-15/h4-9,11-13,21H,10H2,1-3H3,(H2,23,25). The zero-order chi connectivity index (χ0) is 19.6. The Labute approximate surface area is 158 Å². The molecule has 0 saturated carbocycles. The highest BCUT2D eigenvalue weighted by Gasteiger charge is 2.23. The Morgan fingerprint density at radius 3 is 2.48 bits per heavy atom. The average molecular weight is 365 g/mol. The molecule has 1 heterocycles. The molecule has 2 aromatic carbocycles. The van der Waals surface area contributed by atoms with Gasteiger partial charge in [-0.05, 0) is 36.1 Å². The van der Waals surface area contributed by atoms with Crippen LogP contribution in [-0.4, -0.2) is 11.9 Å². The topological polar surface area (TPSA) is 82.5 Å². The Bertz CT molecular complexity index is 973. The van der Waals surface area contributed by atoms with Gasteiger partial charge in [0.1, 0.15) is 5.58 Å². The number of ether oxygens (including phenoxy) is 1. The van der Waals surface area contributed by atoms with Crippen LogP contribution in [0.1, 0.15) is 48.1 Å². The number of hydrogen-bond acceptors (Lipinski definition) is 4. The lowest BCUT2D eigenvalue weighted by Crippen LogP contribution is -2.26. The number of benzene rings is 2. The Morgan fingerprint density at radius 1 is 1.15 bits per heavy atom. The van der Waals surface area contributed by atoms with E-state index in [1.165, 1.54) is 5.56 Å². The van der Waals surface area contributed by atoms with Crippen LogP contribution in [0.5, 0.6) is 0 Å². The second-order valence-corrected chi connectivity index (χ2v) is 6.98. The van der Waals surface area contributed by atoms with Gasteiger partial charge in [0.2, 0.25) is 6.10 Å². The molecule has 0 spiro atoms. The third kappa shape index (κ3) is 4.03. The van der Waals surface area contributed by atoms with Crippen LogP contribution < -0.4 is 5.73 Å². The summed E-state index contributed by atoms with van der Waals surface area (Å²) in [4.78, 5) is 24.2. The second-order valence-electron chi connectivity index (χ2n) is 6.98. The van der Waals surface area contributed by atoms with Gasteiger partial charge in [0, 0.05) is 16.5 Å². The van der Waals surface area contributed by atoms with Crippen LogP contribution in [0.25, 0.3) is 11.0 Å². The van der Waals surface area contributed by atoms with Gasteiger partial charge < -0.3 is 14.9 Å². The molecule has 1 aromatic heterocycles. The van der Waals surface area contributed by atoms with Crippen molar-refractivity contribution in [3.8, 4) is 0 Å².